The molecule has 0 N–H and O–H groups in total. The van der Waals surface area contributed by atoms with E-state index in [0.717, 1.165) is 18.9 Å². The van der Waals surface area contributed by atoms with Gasteiger partial charge in [0.25, 0.3) is 0 Å². The van der Waals surface area contributed by atoms with Gasteiger partial charge in [-0.15, -0.1) is 0 Å². The van der Waals surface area contributed by atoms with E-state index in [1.165, 1.54) is 6.26 Å². The molecule has 0 heterocycles. The maximum Gasteiger partial charge on any atom is 0.315 e. The fourth-order valence-electron chi connectivity index (χ4n) is 2.76. The fourth-order valence-corrected chi connectivity index (χ4v) is 20.8. The molecule has 0 aromatic rings. The SMILES string of the molecule is C=COCCCC[Si](C)(O[Si](C)(C)C)O[Si](C)(C)O[Si](C)(C)C. The number of rotatable bonds is 12. The summed E-state index contributed by atoms with van der Waals surface area (Å²) in [6.07, 6.45) is 3.56. The minimum absolute atomic E-state index is 0.715. The van der Waals surface area contributed by atoms with E-state index in [1.54, 1.807) is 0 Å². The van der Waals surface area contributed by atoms with Crippen LogP contribution in [0.3, 0.4) is 0 Å². The summed E-state index contributed by atoms with van der Waals surface area (Å²) in [6.45, 7) is 24.2. The zero-order valence-corrected chi connectivity index (χ0v) is 20.7. The minimum atomic E-state index is -2.24. The van der Waals surface area contributed by atoms with E-state index >= 15 is 0 Å². The molecule has 0 aromatic carbocycles. The van der Waals surface area contributed by atoms with Crippen LogP contribution in [0.15, 0.2) is 12.8 Å². The Bertz CT molecular complexity index is 363. The molecule has 138 valence electrons. The second-order valence-corrected chi connectivity index (χ2v) is 25.0. The number of hydrogen-bond donors (Lipinski definition) is 0. The highest BCUT2D eigenvalue weighted by Crippen LogP contribution is 2.28. The van der Waals surface area contributed by atoms with Crippen LogP contribution in [-0.4, -0.2) is 40.4 Å². The van der Waals surface area contributed by atoms with Gasteiger partial charge in [0.2, 0.25) is 0 Å². The van der Waals surface area contributed by atoms with Crippen molar-refractivity contribution in [3.05, 3.63) is 12.8 Å². The molecule has 0 bridgehead atoms. The van der Waals surface area contributed by atoms with Crippen LogP contribution in [0.1, 0.15) is 12.8 Å². The van der Waals surface area contributed by atoms with Gasteiger partial charge in [0.15, 0.2) is 16.6 Å². The quantitative estimate of drug-likeness (QED) is 0.251. The first-order valence-corrected chi connectivity index (χ1v) is 20.7. The Balaban J connectivity index is 4.87. The third kappa shape index (κ3) is 13.3. The monoisotopic (exact) mass is 394 g/mol. The van der Waals surface area contributed by atoms with Crippen LogP contribution >= 0.6 is 0 Å². The first-order chi connectivity index (χ1) is 10.2. The molecule has 0 aliphatic heterocycles. The molecule has 4 nitrogen and oxygen atoms in total. The van der Waals surface area contributed by atoms with Crippen molar-refractivity contribution in [1.29, 1.82) is 0 Å². The highest BCUT2D eigenvalue weighted by molar-refractivity contribution is 6.89. The molecule has 0 saturated carbocycles. The molecule has 0 rings (SSSR count). The molecular formula is C15H38O4Si4. The van der Waals surface area contributed by atoms with E-state index in [0.29, 0.717) is 6.61 Å². The number of hydrogen-bond acceptors (Lipinski definition) is 4. The van der Waals surface area contributed by atoms with Gasteiger partial charge in [-0.3, -0.25) is 0 Å². The predicted octanol–water partition coefficient (Wildman–Crippen LogP) is 5.42. The lowest BCUT2D eigenvalue weighted by molar-refractivity contribution is 0.243. The molecule has 1 unspecified atom stereocenters. The summed E-state index contributed by atoms with van der Waals surface area (Å²) in [6, 6.07) is 0.989. The molecular weight excluding hydrogens is 357 g/mol. The van der Waals surface area contributed by atoms with Crippen molar-refractivity contribution in [2.45, 2.75) is 77.8 Å². The van der Waals surface area contributed by atoms with E-state index in [-0.39, 0.29) is 0 Å². The average molecular weight is 395 g/mol. The lowest BCUT2D eigenvalue weighted by atomic mass is 10.4. The predicted molar refractivity (Wildman–Crippen MR) is 109 cm³/mol. The van der Waals surface area contributed by atoms with Gasteiger partial charge < -0.3 is 17.1 Å². The summed E-state index contributed by atoms with van der Waals surface area (Å²) in [7, 11) is -7.69. The van der Waals surface area contributed by atoms with Gasteiger partial charge in [-0.1, -0.05) is 6.58 Å². The van der Waals surface area contributed by atoms with Gasteiger partial charge in [0.1, 0.15) is 0 Å². The molecule has 0 aliphatic carbocycles. The van der Waals surface area contributed by atoms with Gasteiger partial charge in [0.05, 0.1) is 12.9 Å². The topological polar surface area (TPSA) is 36.9 Å². The second-order valence-electron chi connectivity index (χ2n) is 8.56. The highest BCUT2D eigenvalue weighted by atomic mass is 28.5. The molecule has 8 heteroatoms. The summed E-state index contributed by atoms with van der Waals surface area (Å²) in [5.41, 5.74) is 0. The first-order valence-electron chi connectivity index (χ1n) is 8.51. The van der Waals surface area contributed by atoms with Crippen molar-refractivity contribution in [3.63, 3.8) is 0 Å². The van der Waals surface area contributed by atoms with Crippen molar-refractivity contribution in [3.8, 4) is 0 Å². The van der Waals surface area contributed by atoms with Gasteiger partial charge in [-0.25, -0.2) is 0 Å². The largest absolute Gasteiger partial charge is 0.502 e. The van der Waals surface area contributed by atoms with Crippen LogP contribution in [0.2, 0.25) is 65.0 Å². The van der Waals surface area contributed by atoms with E-state index < -0.39 is 33.8 Å². The highest BCUT2D eigenvalue weighted by Gasteiger charge is 2.44. The molecule has 0 saturated heterocycles. The van der Waals surface area contributed by atoms with Crippen LogP contribution < -0.4 is 0 Å². The van der Waals surface area contributed by atoms with Gasteiger partial charge in [-0.05, 0) is 77.8 Å². The summed E-state index contributed by atoms with van der Waals surface area (Å²) in [5.74, 6) is 0. The maximum absolute atomic E-state index is 6.63. The second kappa shape index (κ2) is 9.11. The summed E-state index contributed by atoms with van der Waals surface area (Å²) in [4.78, 5) is 0. The Hall–Kier alpha value is 0.288. The Morgan fingerprint density at radius 1 is 0.739 bits per heavy atom. The summed E-state index contributed by atoms with van der Waals surface area (Å²) in [5, 5.41) is 0. The number of unbranched alkanes of at least 4 members (excludes halogenated alkanes) is 1. The molecule has 1 atom stereocenters. The summed E-state index contributed by atoms with van der Waals surface area (Å²) < 4.78 is 24.8. The van der Waals surface area contributed by atoms with Crippen molar-refractivity contribution in [1.82, 2.24) is 0 Å². The molecule has 0 radical (unpaired) electrons. The first kappa shape index (κ1) is 23.3. The Morgan fingerprint density at radius 2 is 1.26 bits per heavy atom. The van der Waals surface area contributed by atoms with Gasteiger partial charge >= 0.3 is 17.1 Å². The Kier molecular flexibility index (Phi) is 9.23. The Morgan fingerprint density at radius 3 is 1.70 bits per heavy atom. The van der Waals surface area contributed by atoms with Crippen molar-refractivity contribution in [2.75, 3.05) is 6.61 Å². The zero-order chi connectivity index (χ0) is 18.4. The molecule has 0 aromatic heterocycles. The van der Waals surface area contributed by atoms with Crippen molar-refractivity contribution < 1.29 is 17.1 Å². The van der Waals surface area contributed by atoms with E-state index in [1.807, 2.05) is 0 Å². The van der Waals surface area contributed by atoms with Gasteiger partial charge in [-0.2, -0.15) is 0 Å². The average Bonchev–Trinajstić information content (AvgIpc) is 2.20. The van der Waals surface area contributed by atoms with E-state index in [4.69, 9.17) is 17.1 Å². The summed E-state index contributed by atoms with van der Waals surface area (Å²) >= 11 is 0. The van der Waals surface area contributed by atoms with Crippen LogP contribution in [0.4, 0.5) is 0 Å². The van der Waals surface area contributed by atoms with E-state index in [2.05, 4.69) is 65.5 Å². The molecule has 0 spiro atoms. The molecule has 0 fully saturated rings. The zero-order valence-electron chi connectivity index (χ0n) is 16.7. The van der Waals surface area contributed by atoms with Crippen LogP contribution in [-0.2, 0) is 17.1 Å². The number of ether oxygens (including phenoxy) is 1. The Labute approximate surface area is 148 Å². The third-order valence-electron chi connectivity index (χ3n) is 2.80. The lowest BCUT2D eigenvalue weighted by Crippen LogP contribution is -2.56. The van der Waals surface area contributed by atoms with Gasteiger partial charge in [0, 0.05) is 0 Å². The maximum atomic E-state index is 6.63. The molecule has 23 heavy (non-hydrogen) atoms. The van der Waals surface area contributed by atoms with Crippen LogP contribution in [0.25, 0.3) is 0 Å². The van der Waals surface area contributed by atoms with Crippen LogP contribution in [0.5, 0.6) is 0 Å². The van der Waals surface area contributed by atoms with Crippen LogP contribution in [0, 0.1) is 0 Å². The standard InChI is InChI=1S/C15H38O4Si4/c1-11-16-14-12-13-15-23(10,18-21(5,6)7)19-22(8,9)17-20(2,3)4/h11H,1,12-15H2,2-10H3. The third-order valence-corrected chi connectivity index (χ3v) is 16.3. The normalized spacial score (nSPS) is 16.0. The van der Waals surface area contributed by atoms with Crippen molar-refractivity contribution >= 4 is 33.8 Å². The molecule has 0 aliphatic rings. The smallest absolute Gasteiger partial charge is 0.315 e. The fraction of sp³-hybridized carbons (Fsp3) is 0.867. The van der Waals surface area contributed by atoms with Crippen molar-refractivity contribution in [2.24, 2.45) is 0 Å². The minimum Gasteiger partial charge on any atom is -0.502 e. The molecule has 0 amide bonds. The lowest BCUT2D eigenvalue weighted by Gasteiger charge is -2.41. The van der Waals surface area contributed by atoms with E-state index in [9.17, 15) is 0 Å².